The Balaban J connectivity index is 1.59. The van der Waals surface area contributed by atoms with Crippen molar-refractivity contribution in [3.63, 3.8) is 0 Å². The summed E-state index contributed by atoms with van der Waals surface area (Å²) in [5, 5.41) is 17.7. The van der Waals surface area contributed by atoms with Gasteiger partial charge in [-0.05, 0) is 65.7 Å². The Labute approximate surface area is 207 Å². The molecule has 0 unspecified atom stereocenters. The number of carboxylic acids is 1. The maximum atomic E-state index is 14.4. The summed E-state index contributed by atoms with van der Waals surface area (Å²) in [6, 6.07) is 31.3. The van der Waals surface area contributed by atoms with Crippen LogP contribution in [-0.2, 0) is 4.79 Å². The first kappa shape index (κ1) is 24.1. The fourth-order valence-corrected chi connectivity index (χ4v) is 3.65. The number of carboxylic acid groups (broad SMARTS) is 1. The van der Waals surface area contributed by atoms with E-state index in [2.05, 4.69) is 4.90 Å². The predicted octanol–water partition coefficient (Wildman–Crippen LogP) is 7.60. The lowest BCUT2D eigenvalue weighted by atomic mass is 10.1. The third-order valence-electron chi connectivity index (χ3n) is 5.39. The molecule has 4 aromatic rings. The molecule has 0 saturated carbocycles. The summed E-state index contributed by atoms with van der Waals surface area (Å²) >= 11 is 0. The van der Waals surface area contributed by atoms with Crippen LogP contribution in [0.5, 0.6) is 0 Å². The molecule has 0 atom stereocenters. The largest absolute Gasteiger partial charge is 0.477 e. The van der Waals surface area contributed by atoms with E-state index in [0.717, 1.165) is 34.8 Å². The second kappa shape index (κ2) is 10.9. The molecule has 0 saturated heterocycles. The van der Waals surface area contributed by atoms with Gasteiger partial charge >= 0.3 is 5.97 Å². The molecule has 36 heavy (non-hydrogen) atoms. The number of nitriles is 1. The van der Waals surface area contributed by atoms with Gasteiger partial charge in [-0.15, -0.1) is 0 Å². The minimum Gasteiger partial charge on any atom is -0.477 e. The molecular formula is C30H20F2N2O2. The second-order valence-electron chi connectivity index (χ2n) is 7.80. The molecule has 4 aromatic carbocycles. The van der Waals surface area contributed by atoms with Crippen molar-refractivity contribution in [2.75, 3.05) is 4.90 Å². The Morgan fingerprint density at radius 2 is 1.22 bits per heavy atom. The predicted molar refractivity (Wildman–Crippen MR) is 138 cm³/mol. The number of rotatable bonds is 7. The Kier molecular flexibility index (Phi) is 7.33. The molecule has 4 nitrogen and oxygen atoms in total. The van der Waals surface area contributed by atoms with E-state index in [9.17, 15) is 13.6 Å². The smallest absolute Gasteiger partial charge is 0.346 e. The standard InChI is InChI=1S/C30H20F2N2O2/c31-28-17-22(18-29(32)27(28)19-23(20-33)30(35)36)12-11-21-13-15-26(16-14-21)34(24-7-3-1-4-8-24)25-9-5-2-6-10-25/h1-19H,(H,35,36)/b12-11+,23-19+. The molecule has 0 bridgehead atoms. The highest BCUT2D eigenvalue weighted by atomic mass is 19.1. The summed E-state index contributed by atoms with van der Waals surface area (Å²) in [6.07, 6.45) is 3.97. The van der Waals surface area contributed by atoms with Crippen molar-refractivity contribution in [2.45, 2.75) is 0 Å². The Hall–Kier alpha value is -5.02. The van der Waals surface area contributed by atoms with Gasteiger partial charge in [-0.2, -0.15) is 5.26 Å². The van der Waals surface area contributed by atoms with Gasteiger partial charge in [0.2, 0.25) is 0 Å². The lowest BCUT2D eigenvalue weighted by Crippen LogP contribution is -2.09. The van der Waals surface area contributed by atoms with Crippen LogP contribution in [0, 0.1) is 23.0 Å². The van der Waals surface area contributed by atoms with Gasteiger partial charge in [0.1, 0.15) is 23.3 Å². The van der Waals surface area contributed by atoms with Crippen LogP contribution in [0.15, 0.2) is 103 Å². The SMILES string of the molecule is N#C/C(=C\c1c(F)cc(/C=C/c2ccc(N(c3ccccc3)c3ccccc3)cc2)cc1F)C(=O)O. The van der Waals surface area contributed by atoms with Crippen molar-refractivity contribution in [3.8, 4) is 6.07 Å². The first-order valence-corrected chi connectivity index (χ1v) is 11.0. The summed E-state index contributed by atoms with van der Waals surface area (Å²) in [5.74, 6) is -3.47. The van der Waals surface area contributed by atoms with E-state index in [1.165, 1.54) is 6.07 Å². The van der Waals surface area contributed by atoms with Gasteiger partial charge in [0.15, 0.2) is 0 Å². The number of hydrogen-bond donors (Lipinski definition) is 1. The zero-order valence-electron chi connectivity index (χ0n) is 19.0. The fraction of sp³-hybridized carbons (Fsp3) is 0. The van der Waals surface area contributed by atoms with Gasteiger partial charge in [-0.25, -0.2) is 13.6 Å². The van der Waals surface area contributed by atoms with E-state index in [1.54, 1.807) is 12.2 Å². The highest BCUT2D eigenvalue weighted by molar-refractivity contribution is 5.96. The maximum absolute atomic E-state index is 14.4. The second-order valence-corrected chi connectivity index (χ2v) is 7.80. The van der Waals surface area contributed by atoms with E-state index in [0.29, 0.717) is 6.08 Å². The van der Waals surface area contributed by atoms with Gasteiger partial charge in [-0.1, -0.05) is 60.7 Å². The molecule has 0 fully saturated rings. The van der Waals surface area contributed by atoms with Crippen molar-refractivity contribution in [3.05, 3.63) is 131 Å². The highest BCUT2D eigenvalue weighted by Crippen LogP contribution is 2.34. The molecule has 176 valence electrons. The van der Waals surface area contributed by atoms with Gasteiger partial charge in [0.05, 0.1) is 0 Å². The van der Waals surface area contributed by atoms with E-state index < -0.39 is 28.7 Å². The molecule has 0 amide bonds. The van der Waals surface area contributed by atoms with E-state index in [4.69, 9.17) is 10.4 Å². The average Bonchev–Trinajstić information content (AvgIpc) is 2.89. The summed E-state index contributed by atoms with van der Waals surface area (Å²) in [6.45, 7) is 0. The summed E-state index contributed by atoms with van der Waals surface area (Å²) < 4.78 is 28.9. The lowest BCUT2D eigenvalue weighted by molar-refractivity contribution is -0.132. The molecule has 1 N–H and O–H groups in total. The first-order valence-electron chi connectivity index (χ1n) is 11.0. The van der Waals surface area contributed by atoms with Gasteiger partial charge < -0.3 is 10.0 Å². The fourth-order valence-electron chi connectivity index (χ4n) is 3.65. The molecule has 0 aliphatic rings. The molecule has 0 aliphatic heterocycles. The molecule has 0 aliphatic carbocycles. The third-order valence-corrected chi connectivity index (χ3v) is 5.39. The van der Waals surface area contributed by atoms with Crippen LogP contribution in [-0.4, -0.2) is 11.1 Å². The zero-order valence-corrected chi connectivity index (χ0v) is 19.0. The zero-order chi connectivity index (χ0) is 25.5. The van der Waals surface area contributed by atoms with Crippen LogP contribution in [0.25, 0.3) is 18.2 Å². The van der Waals surface area contributed by atoms with Crippen molar-refractivity contribution in [1.29, 1.82) is 5.26 Å². The van der Waals surface area contributed by atoms with Crippen molar-refractivity contribution >= 4 is 41.3 Å². The summed E-state index contributed by atoms with van der Waals surface area (Å²) in [4.78, 5) is 13.1. The van der Waals surface area contributed by atoms with Crippen LogP contribution in [0.4, 0.5) is 25.8 Å². The molecule has 0 heterocycles. The normalized spacial score (nSPS) is 11.3. The average molecular weight is 478 g/mol. The van der Waals surface area contributed by atoms with Crippen LogP contribution in [0.3, 0.4) is 0 Å². The van der Waals surface area contributed by atoms with Crippen molar-refractivity contribution in [2.24, 2.45) is 0 Å². The van der Waals surface area contributed by atoms with Gasteiger partial charge in [0.25, 0.3) is 0 Å². The molecule has 0 radical (unpaired) electrons. The minimum atomic E-state index is -1.55. The van der Waals surface area contributed by atoms with Crippen LogP contribution >= 0.6 is 0 Å². The number of aliphatic carboxylic acids is 1. The number of carbonyl (C=O) groups is 1. The molecular weight excluding hydrogens is 458 g/mol. The third kappa shape index (κ3) is 5.54. The van der Waals surface area contributed by atoms with E-state index >= 15 is 0 Å². The van der Waals surface area contributed by atoms with Crippen molar-refractivity contribution < 1.29 is 18.7 Å². The number of nitrogens with zero attached hydrogens (tertiary/aromatic N) is 2. The Morgan fingerprint density at radius 1 is 0.750 bits per heavy atom. The molecule has 4 rings (SSSR count). The molecule has 0 spiro atoms. The summed E-state index contributed by atoms with van der Waals surface area (Å²) in [7, 11) is 0. The number of halogens is 2. The Morgan fingerprint density at radius 3 is 1.69 bits per heavy atom. The Bertz CT molecular complexity index is 1410. The van der Waals surface area contributed by atoms with E-state index in [-0.39, 0.29) is 5.56 Å². The van der Waals surface area contributed by atoms with Gasteiger partial charge in [-0.3, -0.25) is 0 Å². The van der Waals surface area contributed by atoms with Crippen LogP contribution < -0.4 is 4.90 Å². The first-order chi connectivity index (χ1) is 17.5. The number of anilines is 3. The highest BCUT2D eigenvalue weighted by Gasteiger charge is 2.14. The minimum absolute atomic E-state index is 0.259. The quantitative estimate of drug-likeness (QED) is 0.169. The van der Waals surface area contributed by atoms with Crippen molar-refractivity contribution in [1.82, 2.24) is 0 Å². The van der Waals surface area contributed by atoms with Crippen LogP contribution in [0.2, 0.25) is 0 Å². The monoisotopic (exact) mass is 478 g/mol. The molecule has 6 heteroatoms. The maximum Gasteiger partial charge on any atom is 0.346 e. The van der Waals surface area contributed by atoms with E-state index in [1.807, 2.05) is 84.9 Å². The van der Waals surface area contributed by atoms with Crippen LogP contribution in [0.1, 0.15) is 16.7 Å². The molecule has 0 aromatic heterocycles. The topological polar surface area (TPSA) is 64.3 Å². The summed E-state index contributed by atoms with van der Waals surface area (Å²) in [5.41, 5.74) is 2.72. The number of benzene rings is 4. The number of para-hydroxylation sites is 2. The van der Waals surface area contributed by atoms with Gasteiger partial charge in [0, 0.05) is 22.6 Å². The number of hydrogen-bond acceptors (Lipinski definition) is 3. The lowest BCUT2D eigenvalue weighted by Gasteiger charge is -2.25.